The Labute approximate surface area is 130 Å². The molecule has 2 amide bonds. The van der Waals surface area contributed by atoms with E-state index in [1.165, 1.54) is 16.5 Å². The number of hydrogen-bond acceptors (Lipinski definition) is 2. The lowest BCUT2D eigenvalue weighted by Crippen LogP contribution is -2.39. The first-order valence-electron chi connectivity index (χ1n) is 7.88. The van der Waals surface area contributed by atoms with Gasteiger partial charge in [-0.3, -0.25) is 0 Å². The fraction of sp³-hybridized carbons (Fsp3) is 0.471. The van der Waals surface area contributed by atoms with Gasteiger partial charge in [-0.2, -0.15) is 0 Å². The van der Waals surface area contributed by atoms with E-state index >= 15 is 0 Å². The molecule has 0 saturated carbocycles. The monoisotopic (exact) mass is 301 g/mol. The van der Waals surface area contributed by atoms with E-state index in [0.717, 1.165) is 24.9 Å². The molecule has 0 aliphatic carbocycles. The average Bonchev–Trinajstić information content (AvgIpc) is 3.14. The van der Waals surface area contributed by atoms with Crippen LogP contribution in [-0.2, 0) is 6.42 Å². The van der Waals surface area contributed by atoms with Crippen LogP contribution in [0.25, 0.3) is 10.9 Å². The maximum atomic E-state index is 12.1. The van der Waals surface area contributed by atoms with Crippen LogP contribution in [0.15, 0.2) is 24.4 Å². The molecule has 1 atom stereocenters. The Kier molecular flexibility index (Phi) is 4.34. The number of benzene rings is 1. The van der Waals surface area contributed by atoms with Gasteiger partial charge in [0, 0.05) is 49.3 Å². The molecular formula is C17H23N3O2. The normalized spacial score (nSPS) is 18.1. The van der Waals surface area contributed by atoms with Crippen molar-refractivity contribution >= 4 is 16.9 Å². The quantitative estimate of drug-likeness (QED) is 0.809. The zero-order chi connectivity index (χ0) is 15.5. The van der Waals surface area contributed by atoms with Crippen molar-refractivity contribution in [2.24, 2.45) is 5.92 Å². The van der Waals surface area contributed by atoms with E-state index in [9.17, 15) is 4.79 Å². The Bertz CT molecular complexity index is 665. The lowest BCUT2D eigenvalue weighted by molar-refractivity contribution is 0.198. The molecule has 118 valence electrons. The summed E-state index contributed by atoms with van der Waals surface area (Å²) in [6.45, 7) is 4.30. The summed E-state index contributed by atoms with van der Waals surface area (Å²) in [5, 5.41) is 13.4. The molecule has 1 unspecified atom stereocenters. The van der Waals surface area contributed by atoms with Crippen LogP contribution in [0, 0.1) is 12.8 Å². The van der Waals surface area contributed by atoms with E-state index in [1.54, 1.807) is 4.90 Å². The lowest BCUT2D eigenvalue weighted by Gasteiger charge is -2.17. The first-order chi connectivity index (χ1) is 10.7. The summed E-state index contributed by atoms with van der Waals surface area (Å²) < 4.78 is 0. The van der Waals surface area contributed by atoms with Gasteiger partial charge in [0.05, 0.1) is 0 Å². The molecule has 3 N–H and O–H groups in total. The number of fused-ring (bicyclic) bond motifs is 1. The fourth-order valence-corrected chi connectivity index (χ4v) is 3.23. The molecule has 0 spiro atoms. The van der Waals surface area contributed by atoms with E-state index in [2.05, 4.69) is 29.4 Å². The van der Waals surface area contributed by atoms with Crippen molar-refractivity contribution in [2.45, 2.75) is 19.8 Å². The topological polar surface area (TPSA) is 68.4 Å². The smallest absolute Gasteiger partial charge is 0.317 e. The number of nitrogens with zero attached hydrogens (tertiary/aromatic N) is 1. The molecule has 1 aliphatic heterocycles. The minimum Gasteiger partial charge on any atom is -0.396 e. The highest BCUT2D eigenvalue weighted by molar-refractivity contribution is 5.86. The number of hydrogen-bond donors (Lipinski definition) is 3. The summed E-state index contributed by atoms with van der Waals surface area (Å²) >= 11 is 0. The first-order valence-corrected chi connectivity index (χ1v) is 7.88. The van der Waals surface area contributed by atoms with Crippen molar-refractivity contribution in [1.29, 1.82) is 0 Å². The van der Waals surface area contributed by atoms with Gasteiger partial charge < -0.3 is 20.3 Å². The molecule has 3 rings (SSSR count). The van der Waals surface area contributed by atoms with Gasteiger partial charge in [0.1, 0.15) is 0 Å². The number of carbonyl (C=O) groups is 1. The predicted molar refractivity (Wildman–Crippen MR) is 86.9 cm³/mol. The van der Waals surface area contributed by atoms with Crippen LogP contribution < -0.4 is 5.32 Å². The van der Waals surface area contributed by atoms with Crippen LogP contribution in [0.2, 0.25) is 0 Å². The number of likely N-dealkylation sites (tertiary alicyclic amines) is 1. The molecule has 5 nitrogen and oxygen atoms in total. The molecule has 0 radical (unpaired) electrons. The van der Waals surface area contributed by atoms with Crippen molar-refractivity contribution in [3.63, 3.8) is 0 Å². The largest absolute Gasteiger partial charge is 0.396 e. The Balaban J connectivity index is 1.55. The Morgan fingerprint density at radius 1 is 1.50 bits per heavy atom. The molecule has 1 aromatic heterocycles. The third kappa shape index (κ3) is 2.95. The second-order valence-corrected chi connectivity index (χ2v) is 6.08. The van der Waals surface area contributed by atoms with Crippen LogP contribution in [0.5, 0.6) is 0 Å². The zero-order valence-corrected chi connectivity index (χ0v) is 12.9. The Morgan fingerprint density at radius 2 is 2.36 bits per heavy atom. The van der Waals surface area contributed by atoms with Gasteiger partial charge in [-0.25, -0.2) is 4.79 Å². The number of aryl methyl sites for hydroxylation is 1. The third-order valence-electron chi connectivity index (χ3n) is 4.50. The highest BCUT2D eigenvalue weighted by atomic mass is 16.3. The second kappa shape index (κ2) is 6.40. The van der Waals surface area contributed by atoms with Crippen LogP contribution in [-0.4, -0.2) is 47.3 Å². The van der Waals surface area contributed by atoms with Gasteiger partial charge in [0.15, 0.2) is 0 Å². The Morgan fingerprint density at radius 3 is 3.14 bits per heavy atom. The van der Waals surface area contributed by atoms with Crippen molar-refractivity contribution in [3.8, 4) is 0 Å². The summed E-state index contributed by atoms with van der Waals surface area (Å²) in [5.74, 6) is 0.238. The van der Waals surface area contributed by atoms with E-state index in [1.807, 2.05) is 12.3 Å². The second-order valence-electron chi connectivity index (χ2n) is 6.08. The minimum atomic E-state index is -0.0208. The molecule has 22 heavy (non-hydrogen) atoms. The number of nitrogens with one attached hydrogen (secondary N) is 2. The van der Waals surface area contributed by atoms with Crippen LogP contribution in [0.3, 0.4) is 0 Å². The summed E-state index contributed by atoms with van der Waals surface area (Å²) in [7, 11) is 0. The third-order valence-corrected chi connectivity index (χ3v) is 4.50. The molecule has 1 fully saturated rings. The van der Waals surface area contributed by atoms with E-state index in [4.69, 9.17) is 5.11 Å². The molecule has 1 aliphatic rings. The SMILES string of the molecule is Cc1cccc2[nH]cc(CCNC(=O)N3CCC(CO)C3)c12. The van der Waals surface area contributed by atoms with Crippen molar-refractivity contribution in [1.82, 2.24) is 15.2 Å². The van der Waals surface area contributed by atoms with Gasteiger partial charge in [0.25, 0.3) is 0 Å². The highest BCUT2D eigenvalue weighted by Gasteiger charge is 2.25. The number of aromatic nitrogens is 1. The molecule has 1 saturated heterocycles. The molecule has 0 bridgehead atoms. The summed E-state index contributed by atoms with van der Waals surface area (Å²) in [6.07, 6.45) is 3.74. The number of urea groups is 1. The lowest BCUT2D eigenvalue weighted by atomic mass is 10.1. The molecule has 2 heterocycles. The maximum absolute atomic E-state index is 12.1. The summed E-state index contributed by atoms with van der Waals surface area (Å²) in [4.78, 5) is 17.2. The van der Waals surface area contributed by atoms with Gasteiger partial charge in [-0.1, -0.05) is 12.1 Å². The highest BCUT2D eigenvalue weighted by Crippen LogP contribution is 2.22. The van der Waals surface area contributed by atoms with Crippen LogP contribution in [0.4, 0.5) is 4.79 Å². The number of aliphatic hydroxyl groups excluding tert-OH is 1. The fourth-order valence-electron chi connectivity index (χ4n) is 3.23. The van der Waals surface area contributed by atoms with Gasteiger partial charge >= 0.3 is 6.03 Å². The van der Waals surface area contributed by atoms with Gasteiger partial charge in [0.2, 0.25) is 0 Å². The molecular weight excluding hydrogens is 278 g/mol. The molecule has 2 aromatic rings. The molecule has 5 heteroatoms. The van der Waals surface area contributed by atoms with Crippen molar-refractivity contribution < 1.29 is 9.90 Å². The minimum absolute atomic E-state index is 0.0208. The van der Waals surface area contributed by atoms with Crippen LogP contribution >= 0.6 is 0 Å². The van der Waals surface area contributed by atoms with E-state index in [-0.39, 0.29) is 18.6 Å². The van der Waals surface area contributed by atoms with Gasteiger partial charge in [-0.05, 0) is 37.0 Å². The number of rotatable bonds is 4. The van der Waals surface area contributed by atoms with E-state index in [0.29, 0.717) is 13.1 Å². The summed E-state index contributed by atoms with van der Waals surface area (Å²) in [6, 6.07) is 6.21. The number of aromatic amines is 1. The van der Waals surface area contributed by atoms with Gasteiger partial charge in [-0.15, -0.1) is 0 Å². The van der Waals surface area contributed by atoms with E-state index < -0.39 is 0 Å². The standard InChI is InChI=1S/C17H23N3O2/c1-12-3-2-4-15-16(12)14(9-19-15)5-7-18-17(22)20-8-6-13(10-20)11-21/h2-4,9,13,19,21H,5-8,10-11H2,1H3,(H,18,22). The predicted octanol–water partition coefficient (Wildman–Crippen LogP) is 2.04. The number of carbonyl (C=O) groups excluding carboxylic acids is 1. The number of amides is 2. The van der Waals surface area contributed by atoms with Crippen molar-refractivity contribution in [3.05, 3.63) is 35.5 Å². The van der Waals surface area contributed by atoms with Crippen LogP contribution in [0.1, 0.15) is 17.5 Å². The van der Waals surface area contributed by atoms with Crippen molar-refractivity contribution in [2.75, 3.05) is 26.2 Å². The average molecular weight is 301 g/mol. The number of aliphatic hydroxyl groups is 1. The summed E-state index contributed by atoms with van der Waals surface area (Å²) in [5.41, 5.74) is 3.64. The first kappa shape index (κ1) is 14.9. The zero-order valence-electron chi connectivity index (χ0n) is 12.9. The number of H-pyrrole nitrogens is 1. The maximum Gasteiger partial charge on any atom is 0.317 e. The molecule has 1 aromatic carbocycles. The Hall–Kier alpha value is -2.01.